The van der Waals surface area contributed by atoms with Gasteiger partial charge in [0.15, 0.2) is 0 Å². The van der Waals surface area contributed by atoms with Crippen LogP contribution in [0.5, 0.6) is 5.75 Å². The minimum atomic E-state index is -3.61. The first-order chi connectivity index (χ1) is 11.8. The lowest BCUT2D eigenvalue weighted by Crippen LogP contribution is -2.41. The van der Waals surface area contributed by atoms with Crippen molar-refractivity contribution in [1.82, 2.24) is 5.32 Å². The number of ether oxygens (including phenoxy) is 1. The van der Waals surface area contributed by atoms with E-state index in [9.17, 15) is 13.2 Å². The maximum atomic E-state index is 12.3. The quantitative estimate of drug-likeness (QED) is 0.650. The number of rotatable bonds is 11. The smallest absolute Gasteiger partial charge is 0.240 e. The second-order valence-corrected chi connectivity index (χ2v) is 8.07. The van der Waals surface area contributed by atoms with Crippen molar-refractivity contribution >= 4 is 21.6 Å². The van der Waals surface area contributed by atoms with Crippen molar-refractivity contribution in [2.45, 2.75) is 39.5 Å². The number of amides is 1. The van der Waals surface area contributed by atoms with Crippen molar-refractivity contribution < 1.29 is 17.9 Å². The van der Waals surface area contributed by atoms with Gasteiger partial charge in [0.2, 0.25) is 15.9 Å². The van der Waals surface area contributed by atoms with Crippen LogP contribution in [-0.4, -0.2) is 40.8 Å². The van der Waals surface area contributed by atoms with Gasteiger partial charge in [-0.3, -0.25) is 9.10 Å². The Bertz CT molecular complexity index is 646. The van der Waals surface area contributed by atoms with Gasteiger partial charge >= 0.3 is 0 Å². The Balaban J connectivity index is 2.81. The molecule has 142 valence electrons. The molecule has 1 rings (SSSR count). The Labute approximate surface area is 151 Å². The number of carbonyl (C=O) groups is 1. The standard InChI is InChI=1S/C18H30N2O4S/c1-5-7-10-15(6-2)13-19-18(21)14-20(25(4,22)23)16-11-8-9-12-17(16)24-3/h8-9,11-12,15H,5-7,10,13-14H2,1-4H3,(H,19,21). The average molecular weight is 371 g/mol. The number of carbonyl (C=O) groups excluding carboxylic acids is 1. The predicted octanol–water partition coefficient (Wildman–Crippen LogP) is 2.79. The molecule has 0 saturated carbocycles. The van der Waals surface area contributed by atoms with Gasteiger partial charge in [0.25, 0.3) is 0 Å². The van der Waals surface area contributed by atoms with Crippen molar-refractivity contribution in [3.05, 3.63) is 24.3 Å². The Hall–Kier alpha value is -1.76. The summed E-state index contributed by atoms with van der Waals surface area (Å²) in [7, 11) is -2.14. The first kappa shape index (κ1) is 21.3. The second kappa shape index (κ2) is 10.3. The van der Waals surface area contributed by atoms with Crippen LogP contribution in [0.3, 0.4) is 0 Å². The lowest BCUT2D eigenvalue weighted by atomic mass is 9.99. The third-order valence-corrected chi connectivity index (χ3v) is 5.30. The number of anilines is 1. The molecule has 1 aromatic carbocycles. The summed E-state index contributed by atoms with van der Waals surface area (Å²) in [6.45, 7) is 4.55. The number of para-hydroxylation sites is 2. The summed E-state index contributed by atoms with van der Waals surface area (Å²) in [4.78, 5) is 12.3. The molecule has 6 nitrogen and oxygen atoms in total. The molecule has 0 spiro atoms. The zero-order valence-corrected chi connectivity index (χ0v) is 16.4. The summed E-state index contributed by atoms with van der Waals surface area (Å²) in [6.07, 6.45) is 5.39. The topological polar surface area (TPSA) is 75.7 Å². The maximum absolute atomic E-state index is 12.3. The van der Waals surface area contributed by atoms with Crippen LogP contribution >= 0.6 is 0 Å². The number of benzene rings is 1. The van der Waals surface area contributed by atoms with Gasteiger partial charge in [0.05, 0.1) is 19.1 Å². The van der Waals surface area contributed by atoms with Gasteiger partial charge in [-0.25, -0.2) is 8.42 Å². The highest BCUT2D eigenvalue weighted by Gasteiger charge is 2.23. The van der Waals surface area contributed by atoms with Gasteiger partial charge in [-0.05, 0) is 24.5 Å². The van der Waals surface area contributed by atoms with Gasteiger partial charge in [0, 0.05) is 6.54 Å². The summed E-state index contributed by atoms with van der Waals surface area (Å²) in [5.74, 6) is 0.517. The van der Waals surface area contributed by atoms with Crippen LogP contribution in [0.25, 0.3) is 0 Å². The van der Waals surface area contributed by atoms with E-state index in [1.807, 2.05) is 0 Å². The third kappa shape index (κ3) is 6.94. The molecule has 0 heterocycles. The molecule has 0 saturated heterocycles. The van der Waals surface area contributed by atoms with E-state index < -0.39 is 10.0 Å². The molecule has 0 bridgehead atoms. The zero-order chi connectivity index (χ0) is 18.9. The van der Waals surface area contributed by atoms with Crippen molar-refractivity contribution in [1.29, 1.82) is 0 Å². The van der Waals surface area contributed by atoms with Crippen LogP contribution in [0, 0.1) is 5.92 Å². The fraction of sp³-hybridized carbons (Fsp3) is 0.611. The van der Waals surface area contributed by atoms with Gasteiger partial charge in [-0.15, -0.1) is 0 Å². The minimum absolute atomic E-state index is 0.260. The molecule has 25 heavy (non-hydrogen) atoms. The number of sulfonamides is 1. The molecule has 1 N–H and O–H groups in total. The highest BCUT2D eigenvalue weighted by atomic mass is 32.2. The number of unbranched alkanes of at least 4 members (excludes halogenated alkanes) is 1. The summed E-state index contributed by atoms with van der Waals surface area (Å²) < 4.78 is 30.6. The van der Waals surface area contributed by atoms with Crippen LogP contribution in [0.1, 0.15) is 39.5 Å². The molecular weight excluding hydrogens is 340 g/mol. The highest BCUT2D eigenvalue weighted by Crippen LogP contribution is 2.29. The molecule has 0 aromatic heterocycles. The zero-order valence-electron chi connectivity index (χ0n) is 15.6. The molecule has 0 aliphatic rings. The SMILES string of the molecule is CCCCC(CC)CNC(=O)CN(c1ccccc1OC)S(C)(=O)=O. The van der Waals surface area contributed by atoms with E-state index in [1.54, 1.807) is 24.3 Å². The van der Waals surface area contributed by atoms with E-state index in [1.165, 1.54) is 7.11 Å². The maximum Gasteiger partial charge on any atom is 0.240 e. The van der Waals surface area contributed by atoms with Crippen molar-refractivity contribution in [3.8, 4) is 5.75 Å². The molecule has 1 atom stereocenters. The summed E-state index contributed by atoms with van der Waals surface area (Å²) in [5, 5.41) is 2.87. The van der Waals surface area contributed by atoms with Gasteiger partial charge in [0.1, 0.15) is 12.3 Å². The van der Waals surface area contributed by atoms with Crippen LogP contribution in [0.15, 0.2) is 24.3 Å². The molecule has 7 heteroatoms. The van der Waals surface area contributed by atoms with Gasteiger partial charge < -0.3 is 10.1 Å². The predicted molar refractivity (Wildman–Crippen MR) is 101 cm³/mol. The number of nitrogens with zero attached hydrogens (tertiary/aromatic N) is 1. The lowest BCUT2D eigenvalue weighted by molar-refractivity contribution is -0.119. The number of methoxy groups -OCH3 is 1. The monoisotopic (exact) mass is 370 g/mol. The second-order valence-electron chi connectivity index (χ2n) is 6.16. The van der Waals surface area contributed by atoms with E-state index in [-0.39, 0.29) is 12.5 Å². The van der Waals surface area contributed by atoms with Crippen LogP contribution in [0.2, 0.25) is 0 Å². The van der Waals surface area contributed by atoms with E-state index in [4.69, 9.17) is 4.74 Å². The highest BCUT2D eigenvalue weighted by molar-refractivity contribution is 7.92. The summed E-state index contributed by atoms with van der Waals surface area (Å²) in [6, 6.07) is 6.76. The van der Waals surface area contributed by atoms with E-state index in [0.29, 0.717) is 23.9 Å². The Morgan fingerprint density at radius 3 is 2.52 bits per heavy atom. The first-order valence-electron chi connectivity index (χ1n) is 8.70. The fourth-order valence-electron chi connectivity index (χ4n) is 2.60. The molecule has 1 amide bonds. The molecule has 1 unspecified atom stereocenters. The largest absolute Gasteiger partial charge is 0.495 e. The van der Waals surface area contributed by atoms with Crippen molar-refractivity contribution in [2.75, 3.05) is 30.8 Å². The number of nitrogens with one attached hydrogen (secondary N) is 1. The third-order valence-electron chi connectivity index (χ3n) is 4.17. The van der Waals surface area contributed by atoms with Crippen LogP contribution < -0.4 is 14.4 Å². The Morgan fingerprint density at radius 1 is 1.28 bits per heavy atom. The number of hydrogen-bond acceptors (Lipinski definition) is 4. The minimum Gasteiger partial charge on any atom is -0.495 e. The summed E-state index contributed by atoms with van der Waals surface area (Å²) >= 11 is 0. The molecule has 0 aliphatic carbocycles. The average Bonchev–Trinajstić information content (AvgIpc) is 2.59. The lowest BCUT2D eigenvalue weighted by Gasteiger charge is -2.24. The summed E-state index contributed by atoms with van der Waals surface area (Å²) in [5.41, 5.74) is 0.362. The van der Waals surface area contributed by atoms with Crippen molar-refractivity contribution in [3.63, 3.8) is 0 Å². The molecule has 0 fully saturated rings. The molecule has 0 radical (unpaired) electrons. The normalized spacial score (nSPS) is 12.5. The van der Waals surface area contributed by atoms with Crippen LogP contribution in [0.4, 0.5) is 5.69 Å². The number of hydrogen-bond donors (Lipinski definition) is 1. The van der Waals surface area contributed by atoms with E-state index >= 15 is 0 Å². The van der Waals surface area contributed by atoms with Gasteiger partial charge in [-0.2, -0.15) is 0 Å². The van der Waals surface area contributed by atoms with Crippen LogP contribution in [-0.2, 0) is 14.8 Å². The van der Waals surface area contributed by atoms with Gasteiger partial charge in [-0.1, -0.05) is 45.2 Å². The van der Waals surface area contributed by atoms with E-state index in [2.05, 4.69) is 19.2 Å². The Kier molecular flexibility index (Phi) is 8.75. The van der Waals surface area contributed by atoms with Crippen molar-refractivity contribution in [2.24, 2.45) is 5.92 Å². The first-order valence-corrected chi connectivity index (χ1v) is 10.6. The molecular formula is C18H30N2O4S. The Morgan fingerprint density at radius 2 is 1.96 bits per heavy atom. The fourth-order valence-corrected chi connectivity index (χ4v) is 3.46. The van der Waals surface area contributed by atoms with E-state index in [0.717, 1.165) is 36.2 Å². The molecule has 1 aromatic rings. The molecule has 0 aliphatic heterocycles.